The Morgan fingerprint density at radius 3 is 2.20 bits per heavy atom. The van der Waals surface area contributed by atoms with Gasteiger partial charge in [-0.3, -0.25) is 4.79 Å². The lowest BCUT2D eigenvalue weighted by atomic mass is 10.0. The van der Waals surface area contributed by atoms with Crippen molar-refractivity contribution in [2.45, 2.75) is 13.8 Å². The Balaban J connectivity index is 2.63. The summed E-state index contributed by atoms with van der Waals surface area (Å²) in [5.41, 5.74) is 2.51. The Labute approximate surface area is 117 Å². The van der Waals surface area contributed by atoms with E-state index in [4.69, 9.17) is 9.47 Å². The molecule has 2 rings (SSSR count). The van der Waals surface area contributed by atoms with E-state index in [0.717, 1.165) is 11.3 Å². The van der Waals surface area contributed by atoms with Crippen LogP contribution < -0.4 is 9.47 Å². The standard InChI is InChI=1S/C15H16N2O3/c1-9-13(10(2)18)14(17-15(16-9)20-4)11-5-7-12(19-3)8-6-11/h5-8H,1-4H3. The molecule has 0 unspecified atom stereocenters. The second kappa shape index (κ2) is 5.69. The fraction of sp³-hybridized carbons (Fsp3) is 0.267. The Bertz CT molecular complexity index is 636. The Morgan fingerprint density at radius 1 is 1.05 bits per heavy atom. The van der Waals surface area contributed by atoms with Crippen molar-refractivity contribution in [3.63, 3.8) is 0 Å². The predicted octanol–water partition coefficient (Wildman–Crippen LogP) is 2.67. The number of carbonyl (C=O) groups is 1. The maximum atomic E-state index is 11.8. The van der Waals surface area contributed by atoms with Crippen LogP contribution in [0.4, 0.5) is 0 Å². The number of hydrogen-bond acceptors (Lipinski definition) is 5. The number of ketones is 1. The summed E-state index contributed by atoms with van der Waals surface area (Å²) in [7, 11) is 3.11. The topological polar surface area (TPSA) is 61.3 Å². The molecule has 0 amide bonds. The zero-order chi connectivity index (χ0) is 14.7. The quantitative estimate of drug-likeness (QED) is 0.801. The molecule has 0 aliphatic carbocycles. The largest absolute Gasteiger partial charge is 0.497 e. The third kappa shape index (κ3) is 2.61. The second-order valence-corrected chi connectivity index (χ2v) is 4.30. The van der Waals surface area contributed by atoms with Gasteiger partial charge in [-0.15, -0.1) is 0 Å². The number of aromatic nitrogens is 2. The average Bonchev–Trinajstić information content (AvgIpc) is 2.46. The summed E-state index contributed by atoms with van der Waals surface area (Å²) in [6.07, 6.45) is 0. The van der Waals surface area contributed by atoms with Gasteiger partial charge in [-0.2, -0.15) is 9.97 Å². The minimum absolute atomic E-state index is 0.0732. The van der Waals surface area contributed by atoms with Crippen molar-refractivity contribution in [2.75, 3.05) is 14.2 Å². The first-order chi connectivity index (χ1) is 9.56. The summed E-state index contributed by atoms with van der Waals surface area (Å²) in [6, 6.07) is 7.60. The van der Waals surface area contributed by atoms with Gasteiger partial charge in [0, 0.05) is 5.56 Å². The summed E-state index contributed by atoms with van der Waals surface area (Å²) in [5.74, 6) is 0.673. The molecule has 0 atom stereocenters. The molecule has 2 aromatic rings. The number of nitrogens with zero attached hydrogens (tertiary/aromatic N) is 2. The Morgan fingerprint density at radius 2 is 1.70 bits per heavy atom. The normalized spacial score (nSPS) is 10.2. The lowest BCUT2D eigenvalue weighted by Gasteiger charge is -2.11. The summed E-state index contributed by atoms with van der Waals surface area (Å²) in [5, 5.41) is 0. The highest BCUT2D eigenvalue weighted by Crippen LogP contribution is 2.27. The van der Waals surface area contributed by atoms with Crippen molar-refractivity contribution in [3.8, 4) is 23.0 Å². The molecule has 0 spiro atoms. The first-order valence-electron chi connectivity index (χ1n) is 6.14. The first kappa shape index (κ1) is 14.0. The average molecular weight is 272 g/mol. The fourth-order valence-corrected chi connectivity index (χ4v) is 2.02. The van der Waals surface area contributed by atoms with Crippen LogP contribution in [0, 0.1) is 6.92 Å². The first-order valence-corrected chi connectivity index (χ1v) is 6.14. The van der Waals surface area contributed by atoms with E-state index in [1.807, 2.05) is 24.3 Å². The van der Waals surface area contributed by atoms with Crippen molar-refractivity contribution in [1.82, 2.24) is 9.97 Å². The van der Waals surface area contributed by atoms with E-state index in [1.165, 1.54) is 14.0 Å². The van der Waals surface area contributed by atoms with Crippen LogP contribution in [0.5, 0.6) is 11.8 Å². The molecule has 5 heteroatoms. The molecule has 1 aromatic carbocycles. The third-order valence-corrected chi connectivity index (χ3v) is 2.97. The van der Waals surface area contributed by atoms with E-state index >= 15 is 0 Å². The number of rotatable bonds is 4. The van der Waals surface area contributed by atoms with Gasteiger partial charge in [0.05, 0.1) is 31.2 Å². The molecule has 0 fully saturated rings. The van der Waals surface area contributed by atoms with Gasteiger partial charge >= 0.3 is 6.01 Å². The Hall–Kier alpha value is -2.43. The minimum Gasteiger partial charge on any atom is -0.497 e. The molecule has 0 N–H and O–H groups in total. The third-order valence-electron chi connectivity index (χ3n) is 2.97. The van der Waals surface area contributed by atoms with Crippen molar-refractivity contribution >= 4 is 5.78 Å². The van der Waals surface area contributed by atoms with Crippen molar-refractivity contribution in [2.24, 2.45) is 0 Å². The maximum absolute atomic E-state index is 11.8. The molecule has 20 heavy (non-hydrogen) atoms. The van der Waals surface area contributed by atoms with Gasteiger partial charge in [0.15, 0.2) is 5.78 Å². The van der Waals surface area contributed by atoms with Crippen LogP contribution in [0.2, 0.25) is 0 Å². The zero-order valence-corrected chi connectivity index (χ0v) is 11.9. The highest BCUT2D eigenvalue weighted by Gasteiger charge is 2.17. The van der Waals surface area contributed by atoms with Crippen molar-refractivity contribution in [3.05, 3.63) is 35.5 Å². The van der Waals surface area contributed by atoms with Gasteiger partial charge in [-0.25, -0.2) is 0 Å². The van der Waals surface area contributed by atoms with Gasteiger partial charge < -0.3 is 9.47 Å². The minimum atomic E-state index is -0.0732. The molecule has 104 valence electrons. The zero-order valence-electron chi connectivity index (χ0n) is 11.9. The van der Waals surface area contributed by atoms with E-state index in [1.54, 1.807) is 14.0 Å². The predicted molar refractivity (Wildman–Crippen MR) is 75.3 cm³/mol. The lowest BCUT2D eigenvalue weighted by molar-refractivity contribution is 0.101. The number of methoxy groups -OCH3 is 2. The monoisotopic (exact) mass is 272 g/mol. The lowest BCUT2D eigenvalue weighted by Crippen LogP contribution is -2.06. The van der Waals surface area contributed by atoms with Gasteiger partial charge in [-0.05, 0) is 38.1 Å². The van der Waals surface area contributed by atoms with Crippen LogP contribution in [0.3, 0.4) is 0 Å². The molecule has 0 aliphatic rings. The molecule has 5 nitrogen and oxygen atoms in total. The van der Waals surface area contributed by atoms with Crippen LogP contribution in [0.1, 0.15) is 23.0 Å². The van der Waals surface area contributed by atoms with Gasteiger partial charge in [-0.1, -0.05) is 0 Å². The molecule has 0 aliphatic heterocycles. The number of Topliss-reactive ketones (excluding diaryl/α,β-unsaturated/α-hetero) is 1. The summed E-state index contributed by atoms with van der Waals surface area (Å²) in [6.45, 7) is 3.28. The van der Waals surface area contributed by atoms with Gasteiger partial charge in [0.2, 0.25) is 0 Å². The molecule has 0 radical (unpaired) electrons. The number of aryl methyl sites for hydroxylation is 1. The van der Waals surface area contributed by atoms with Crippen molar-refractivity contribution < 1.29 is 14.3 Å². The van der Waals surface area contributed by atoms with Crippen LogP contribution >= 0.6 is 0 Å². The number of ether oxygens (including phenoxy) is 2. The smallest absolute Gasteiger partial charge is 0.316 e. The molecule has 1 aromatic heterocycles. The van der Waals surface area contributed by atoms with Gasteiger partial charge in [0.1, 0.15) is 5.75 Å². The SMILES string of the molecule is COc1ccc(-c2nc(OC)nc(C)c2C(C)=O)cc1. The molecular formula is C15H16N2O3. The van der Waals surface area contributed by atoms with E-state index in [2.05, 4.69) is 9.97 Å². The molecule has 1 heterocycles. The second-order valence-electron chi connectivity index (χ2n) is 4.30. The summed E-state index contributed by atoms with van der Waals surface area (Å²) >= 11 is 0. The van der Waals surface area contributed by atoms with Crippen LogP contribution in [0.15, 0.2) is 24.3 Å². The van der Waals surface area contributed by atoms with E-state index in [0.29, 0.717) is 17.0 Å². The molecular weight excluding hydrogens is 256 g/mol. The fourth-order valence-electron chi connectivity index (χ4n) is 2.02. The maximum Gasteiger partial charge on any atom is 0.316 e. The van der Waals surface area contributed by atoms with E-state index in [-0.39, 0.29) is 11.8 Å². The Kier molecular flexibility index (Phi) is 3.98. The van der Waals surface area contributed by atoms with E-state index in [9.17, 15) is 4.79 Å². The highest BCUT2D eigenvalue weighted by atomic mass is 16.5. The van der Waals surface area contributed by atoms with Crippen LogP contribution in [-0.2, 0) is 0 Å². The summed E-state index contributed by atoms with van der Waals surface area (Å²) < 4.78 is 10.2. The van der Waals surface area contributed by atoms with E-state index < -0.39 is 0 Å². The van der Waals surface area contributed by atoms with Crippen LogP contribution in [0.25, 0.3) is 11.3 Å². The van der Waals surface area contributed by atoms with Crippen LogP contribution in [-0.4, -0.2) is 30.0 Å². The summed E-state index contributed by atoms with van der Waals surface area (Å²) in [4.78, 5) is 20.3. The number of benzene rings is 1. The van der Waals surface area contributed by atoms with Gasteiger partial charge in [0.25, 0.3) is 0 Å². The molecule has 0 saturated heterocycles. The molecule has 0 bridgehead atoms. The number of hydrogen-bond donors (Lipinski definition) is 0. The van der Waals surface area contributed by atoms with Crippen molar-refractivity contribution in [1.29, 1.82) is 0 Å². The molecule has 0 saturated carbocycles. The number of carbonyl (C=O) groups excluding carboxylic acids is 1. The highest BCUT2D eigenvalue weighted by molar-refractivity contribution is 6.00.